The predicted octanol–water partition coefficient (Wildman–Crippen LogP) is 2.81. The topological polar surface area (TPSA) is 43.1 Å². The van der Waals surface area contributed by atoms with Crippen LogP contribution in [0.25, 0.3) is 15.5 Å². The van der Waals surface area contributed by atoms with Crippen LogP contribution in [0.15, 0.2) is 24.3 Å². The van der Waals surface area contributed by atoms with Crippen LogP contribution in [0.5, 0.6) is 0 Å². The molecule has 0 unspecified atom stereocenters. The lowest BCUT2D eigenvalue weighted by atomic mass is 10.2. The Kier molecular flexibility index (Phi) is 2.15. The maximum atomic E-state index is 5.94. The van der Waals surface area contributed by atoms with E-state index < -0.39 is 0 Å². The smallest absolute Gasteiger partial charge is 0.187 e. The maximum absolute atomic E-state index is 5.94. The van der Waals surface area contributed by atoms with E-state index in [2.05, 4.69) is 15.3 Å². The summed E-state index contributed by atoms with van der Waals surface area (Å²) in [5, 5.41) is 14.0. The van der Waals surface area contributed by atoms with Gasteiger partial charge in [-0.25, -0.2) is 0 Å². The molecule has 0 fully saturated rings. The van der Waals surface area contributed by atoms with Crippen molar-refractivity contribution in [3.05, 3.63) is 35.1 Å². The van der Waals surface area contributed by atoms with Crippen molar-refractivity contribution in [3.8, 4) is 10.6 Å². The van der Waals surface area contributed by atoms with E-state index in [1.807, 2.05) is 31.2 Å². The van der Waals surface area contributed by atoms with Gasteiger partial charge in [0.2, 0.25) is 4.96 Å². The molecule has 0 radical (unpaired) electrons. The van der Waals surface area contributed by atoms with Crippen LogP contribution in [0.2, 0.25) is 5.02 Å². The first kappa shape index (κ1) is 9.74. The molecular formula is C10H7ClN4S. The number of aryl methyl sites for hydroxylation is 1. The Morgan fingerprint density at radius 2 is 2.19 bits per heavy atom. The third kappa shape index (κ3) is 1.48. The van der Waals surface area contributed by atoms with Crippen molar-refractivity contribution < 1.29 is 0 Å². The van der Waals surface area contributed by atoms with Gasteiger partial charge in [0.1, 0.15) is 5.01 Å². The lowest BCUT2D eigenvalue weighted by Crippen LogP contribution is -1.88. The van der Waals surface area contributed by atoms with Crippen molar-refractivity contribution in [1.29, 1.82) is 0 Å². The molecule has 2 aromatic heterocycles. The molecule has 3 rings (SSSR count). The van der Waals surface area contributed by atoms with Gasteiger partial charge in [0.05, 0.1) is 0 Å². The van der Waals surface area contributed by atoms with Gasteiger partial charge in [-0.1, -0.05) is 35.1 Å². The second-order valence-corrected chi connectivity index (χ2v) is 4.75. The van der Waals surface area contributed by atoms with Crippen LogP contribution in [-0.4, -0.2) is 19.8 Å². The van der Waals surface area contributed by atoms with Crippen molar-refractivity contribution in [2.24, 2.45) is 0 Å². The Hall–Kier alpha value is -1.46. The van der Waals surface area contributed by atoms with Gasteiger partial charge in [-0.05, 0) is 19.1 Å². The van der Waals surface area contributed by atoms with Crippen LogP contribution in [-0.2, 0) is 0 Å². The summed E-state index contributed by atoms with van der Waals surface area (Å²) in [5.41, 5.74) is 1.00. The van der Waals surface area contributed by atoms with Crippen molar-refractivity contribution >= 4 is 27.9 Å². The number of rotatable bonds is 1. The molecule has 0 bridgehead atoms. The minimum atomic E-state index is 0.709. The van der Waals surface area contributed by atoms with Crippen LogP contribution >= 0.6 is 22.9 Å². The number of benzene rings is 1. The molecule has 0 saturated carbocycles. The molecule has 80 valence electrons. The number of hydrogen-bond donors (Lipinski definition) is 0. The zero-order valence-corrected chi connectivity index (χ0v) is 9.96. The molecule has 0 N–H and O–H groups in total. The Balaban J connectivity index is 2.19. The average molecular weight is 251 g/mol. The van der Waals surface area contributed by atoms with Gasteiger partial charge in [-0.3, -0.25) is 0 Å². The van der Waals surface area contributed by atoms with Crippen molar-refractivity contribution in [1.82, 2.24) is 19.8 Å². The predicted molar refractivity (Wildman–Crippen MR) is 63.8 cm³/mol. The summed E-state index contributed by atoms with van der Waals surface area (Å²) < 4.78 is 1.74. The van der Waals surface area contributed by atoms with Gasteiger partial charge in [-0.15, -0.1) is 10.2 Å². The first-order valence-electron chi connectivity index (χ1n) is 4.69. The fourth-order valence-electron chi connectivity index (χ4n) is 1.45. The highest BCUT2D eigenvalue weighted by Gasteiger charge is 2.10. The lowest BCUT2D eigenvalue weighted by molar-refractivity contribution is 0.898. The highest BCUT2D eigenvalue weighted by atomic mass is 35.5. The number of hydrogen-bond acceptors (Lipinski definition) is 4. The quantitative estimate of drug-likeness (QED) is 0.667. The summed E-state index contributed by atoms with van der Waals surface area (Å²) in [6.07, 6.45) is 0. The van der Waals surface area contributed by atoms with E-state index in [-0.39, 0.29) is 0 Å². The van der Waals surface area contributed by atoms with Crippen LogP contribution in [0, 0.1) is 6.92 Å². The van der Waals surface area contributed by atoms with Crippen LogP contribution in [0.4, 0.5) is 0 Å². The Labute approximate surface area is 101 Å². The second-order valence-electron chi connectivity index (χ2n) is 3.36. The van der Waals surface area contributed by atoms with Crippen molar-refractivity contribution in [3.63, 3.8) is 0 Å². The largest absolute Gasteiger partial charge is 0.234 e. The highest BCUT2D eigenvalue weighted by molar-refractivity contribution is 7.19. The van der Waals surface area contributed by atoms with Crippen molar-refractivity contribution in [2.45, 2.75) is 6.92 Å². The molecule has 0 amide bonds. The molecule has 0 aliphatic carbocycles. The van der Waals surface area contributed by atoms with Crippen LogP contribution in [0.1, 0.15) is 5.82 Å². The zero-order valence-electron chi connectivity index (χ0n) is 8.38. The highest BCUT2D eigenvalue weighted by Crippen LogP contribution is 2.27. The van der Waals surface area contributed by atoms with Crippen LogP contribution in [0.3, 0.4) is 0 Å². The fraction of sp³-hybridized carbons (Fsp3) is 0.100. The Morgan fingerprint density at radius 1 is 1.31 bits per heavy atom. The van der Waals surface area contributed by atoms with E-state index in [1.165, 1.54) is 11.3 Å². The van der Waals surface area contributed by atoms with E-state index in [0.29, 0.717) is 5.02 Å². The third-order valence-corrected chi connectivity index (χ3v) is 3.40. The molecule has 0 spiro atoms. The fourth-order valence-corrected chi connectivity index (χ4v) is 2.52. The van der Waals surface area contributed by atoms with Crippen molar-refractivity contribution in [2.75, 3.05) is 0 Å². The summed E-state index contributed by atoms with van der Waals surface area (Å²) in [6, 6.07) is 7.62. The summed E-state index contributed by atoms with van der Waals surface area (Å²) >= 11 is 7.44. The van der Waals surface area contributed by atoms with E-state index in [1.54, 1.807) is 4.52 Å². The van der Waals surface area contributed by atoms with Gasteiger partial charge < -0.3 is 0 Å². The zero-order chi connectivity index (χ0) is 11.1. The van der Waals surface area contributed by atoms with E-state index >= 15 is 0 Å². The van der Waals surface area contributed by atoms with Gasteiger partial charge in [-0.2, -0.15) is 9.61 Å². The molecule has 4 nitrogen and oxygen atoms in total. The maximum Gasteiger partial charge on any atom is 0.234 e. The molecule has 1 aromatic carbocycles. The molecule has 0 aliphatic heterocycles. The molecule has 0 aliphatic rings. The molecule has 6 heteroatoms. The van der Waals surface area contributed by atoms with Gasteiger partial charge in [0.25, 0.3) is 0 Å². The molecule has 0 saturated heterocycles. The number of nitrogens with zero attached hydrogens (tertiary/aromatic N) is 4. The first-order valence-corrected chi connectivity index (χ1v) is 5.88. The molecule has 2 heterocycles. The molecule has 3 aromatic rings. The monoisotopic (exact) mass is 250 g/mol. The minimum Gasteiger partial charge on any atom is -0.187 e. The number of fused-ring (bicyclic) bond motifs is 1. The van der Waals surface area contributed by atoms with Gasteiger partial charge in [0, 0.05) is 10.6 Å². The Bertz CT molecular complexity index is 658. The molecular weight excluding hydrogens is 244 g/mol. The number of halogens is 1. The minimum absolute atomic E-state index is 0.709. The first-order chi connectivity index (χ1) is 7.74. The number of aromatic nitrogens is 4. The molecule has 16 heavy (non-hydrogen) atoms. The normalized spacial score (nSPS) is 11.1. The second kappa shape index (κ2) is 3.54. The van der Waals surface area contributed by atoms with E-state index in [9.17, 15) is 0 Å². The summed E-state index contributed by atoms with van der Waals surface area (Å²) in [5.74, 6) is 0.791. The van der Waals surface area contributed by atoms with E-state index in [4.69, 9.17) is 11.6 Å². The summed E-state index contributed by atoms with van der Waals surface area (Å²) in [7, 11) is 0. The molecule has 0 atom stereocenters. The van der Waals surface area contributed by atoms with Crippen LogP contribution < -0.4 is 0 Å². The van der Waals surface area contributed by atoms with Gasteiger partial charge in [0.15, 0.2) is 5.82 Å². The SMILES string of the molecule is Cc1nnc2sc(-c3cccc(Cl)c3)nn12. The average Bonchev–Trinajstić information content (AvgIpc) is 2.81. The third-order valence-electron chi connectivity index (χ3n) is 2.22. The Morgan fingerprint density at radius 3 is 2.94 bits per heavy atom. The summed E-state index contributed by atoms with van der Waals surface area (Å²) in [4.78, 5) is 0.799. The standard InChI is InChI=1S/C10H7ClN4S/c1-6-12-13-10-15(6)14-9(16-10)7-3-2-4-8(11)5-7/h2-5H,1H3. The lowest BCUT2D eigenvalue weighted by Gasteiger charge is -1.95. The van der Waals surface area contributed by atoms with E-state index in [0.717, 1.165) is 21.4 Å². The van der Waals surface area contributed by atoms with Gasteiger partial charge >= 0.3 is 0 Å². The summed E-state index contributed by atoms with van der Waals surface area (Å²) in [6.45, 7) is 1.88.